The lowest BCUT2D eigenvalue weighted by molar-refractivity contribution is 0.536. The van der Waals surface area contributed by atoms with Gasteiger partial charge in [-0.05, 0) is 51.6 Å². The Hall–Kier alpha value is -4.24. The van der Waals surface area contributed by atoms with E-state index in [4.69, 9.17) is 9.40 Å². The van der Waals surface area contributed by atoms with Crippen LogP contribution in [0.15, 0.2) is 102 Å². The highest BCUT2D eigenvalue weighted by molar-refractivity contribution is 6.07. The molecular formula is C30H20N2O. The normalized spacial score (nSPS) is 12.6. The molecule has 3 heteroatoms. The van der Waals surface area contributed by atoms with Crippen molar-refractivity contribution >= 4 is 21.9 Å². The molecule has 3 nitrogen and oxygen atoms in total. The van der Waals surface area contributed by atoms with Crippen molar-refractivity contribution in [1.29, 1.82) is 0 Å². The van der Waals surface area contributed by atoms with Crippen LogP contribution >= 0.6 is 0 Å². The zero-order valence-electron chi connectivity index (χ0n) is 18.0. The van der Waals surface area contributed by atoms with Crippen LogP contribution in [0.1, 0.15) is 11.3 Å². The van der Waals surface area contributed by atoms with Gasteiger partial charge in [-0.25, -0.2) is 9.97 Å². The molecule has 156 valence electrons. The summed E-state index contributed by atoms with van der Waals surface area (Å²) in [7, 11) is 0. The van der Waals surface area contributed by atoms with E-state index in [-0.39, 0.29) is 0 Å². The van der Waals surface area contributed by atoms with Crippen molar-refractivity contribution in [2.45, 2.75) is 12.8 Å². The quantitative estimate of drug-likeness (QED) is 0.289. The Morgan fingerprint density at radius 2 is 1.48 bits per heavy atom. The molecule has 2 heterocycles. The molecule has 1 aliphatic rings. The molecule has 4 aromatic carbocycles. The van der Waals surface area contributed by atoms with Crippen molar-refractivity contribution in [3.05, 3.63) is 109 Å². The van der Waals surface area contributed by atoms with E-state index < -0.39 is 0 Å². The van der Waals surface area contributed by atoms with E-state index in [1.807, 2.05) is 0 Å². The van der Waals surface area contributed by atoms with Crippen molar-refractivity contribution in [3.63, 3.8) is 0 Å². The van der Waals surface area contributed by atoms with Crippen LogP contribution in [-0.2, 0) is 12.8 Å². The first-order valence-corrected chi connectivity index (χ1v) is 11.3. The Bertz CT molecular complexity index is 1660. The highest BCUT2D eigenvalue weighted by Gasteiger charge is 2.26. The lowest BCUT2D eigenvalue weighted by atomic mass is 9.87. The fourth-order valence-electron chi connectivity index (χ4n) is 5.19. The highest BCUT2D eigenvalue weighted by atomic mass is 16.3. The van der Waals surface area contributed by atoms with E-state index >= 15 is 0 Å². The number of hydrogen-bond donors (Lipinski definition) is 0. The minimum Gasteiger partial charge on any atom is -0.442 e. The summed E-state index contributed by atoms with van der Waals surface area (Å²) < 4.78 is 6.26. The third kappa shape index (κ3) is 2.82. The van der Waals surface area contributed by atoms with Crippen LogP contribution in [0.5, 0.6) is 0 Å². The topological polar surface area (TPSA) is 38.9 Å². The minimum absolute atomic E-state index is 0.663. The van der Waals surface area contributed by atoms with Gasteiger partial charge in [-0.15, -0.1) is 0 Å². The summed E-state index contributed by atoms with van der Waals surface area (Å²) >= 11 is 0. The fourth-order valence-corrected chi connectivity index (χ4v) is 5.19. The molecule has 0 radical (unpaired) electrons. The second kappa shape index (κ2) is 7.14. The van der Waals surface area contributed by atoms with Crippen molar-refractivity contribution < 1.29 is 4.42 Å². The monoisotopic (exact) mass is 424 g/mol. The van der Waals surface area contributed by atoms with Crippen LogP contribution in [-0.4, -0.2) is 9.97 Å². The average Bonchev–Trinajstić information content (AvgIpc) is 3.28. The smallest absolute Gasteiger partial charge is 0.230 e. The summed E-state index contributed by atoms with van der Waals surface area (Å²) in [6, 6.07) is 32.2. The molecule has 0 N–H and O–H groups in total. The van der Waals surface area contributed by atoms with Gasteiger partial charge in [0.25, 0.3) is 0 Å². The molecule has 0 bridgehead atoms. The first kappa shape index (κ1) is 18.3. The number of rotatable bonds is 2. The van der Waals surface area contributed by atoms with Gasteiger partial charge < -0.3 is 4.42 Å². The van der Waals surface area contributed by atoms with Gasteiger partial charge in [-0.1, -0.05) is 78.9 Å². The summed E-state index contributed by atoms with van der Waals surface area (Å²) in [6.07, 6.45) is 3.49. The van der Waals surface area contributed by atoms with Gasteiger partial charge in [0.1, 0.15) is 12.1 Å². The van der Waals surface area contributed by atoms with Gasteiger partial charge in [0, 0.05) is 17.5 Å². The molecule has 0 saturated heterocycles. The van der Waals surface area contributed by atoms with Gasteiger partial charge in [-0.2, -0.15) is 0 Å². The lowest BCUT2D eigenvalue weighted by Crippen LogP contribution is -2.01. The second-order valence-corrected chi connectivity index (χ2v) is 8.57. The van der Waals surface area contributed by atoms with Crippen molar-refractivity contribution in [3.8, 4) is 33.5 Å². The standard InChI is InChI=1S/C30H20N2O/c1-2-8-19(9-3-1)25-17-22(16-21-11-5-6-12-23(21)25)29-28-27-24-13-7-4-10-20(24)14-15-26(27)33-30(28)32-18-31-29/h1-13,16-18H,14-15H2. The summed E-state index contributed by atoms with van der Waals surface area (Å²) in [5, 5.41) is 3.43. The van der Waals surface area contributed by atoms with E-state index in [2.05, 4.69) is 96.0 Å². The van der Waals surface area contributed by atoms with Crippen LogP contribution in [0, 0.1) is 0 Å². The molecular weight excluding hydrogens is 404 g/mol. The zero-order chi connectivity index (χ0) is 21.8. The van der Waals surface area contributed by atoms with Gasteiger partial charge in [0.15, 0.2) is 0 Å². The summed E-state index contributed by atoms with van der Waals surface area (Å²) in [5.41, 5.74) is 8.79. The maximum Gasteiger partial charge on any atom is 0.230 e. The van der Waals surface area contributed by atoms with Crippen molar-refractivity contribution in [2.24, 2.45) is 0 Å². The Kier molecular flexibility index (Phi) is 3.97. The molecule has 1 aliphatic carbocycles. The maximum atomic E-state index is 6.26. The molecule has 0 atom stereocenters. The summed E-state index contributed by atoms with van der Waals surface area (Å²) in [4.78, 5) is 9.31. The third-order valence-electron chi connectivity index (χ3n) is 6.69. The minimum atomic E-state index is 0.663. The molecule has 0 aliphatic heterocycles. The Labute approximate surface area is 191 Å². The predicted molar refractivity (Wildman–Crippen MR) is 133 cm³/mol. The van der Waals surface area contributed by atoms with Crippen LogP contribution in [0.4, 0.5) is 0 Å². The van der Waals surface area contributed by atoms with Gasteiger partial charge in [0.05, 0.1) is 11.1 Å². The van der Waals surface area contributed by atoms with Crippen LogP contribution in [0.2, 0.25) is 0 Å². The molecule has 0 saturated carbocycles. The van der Waals surface area contributed by atoms with Gasteiger partial charge >= 0.3 is 0 Å². The Morgan fingerprint density at radius 3 is 2.42 bits per heavy atom. The number of furan rings is 1. The van der Waals surface area contributed by atoms with Crippen LogP contribution < -0.4 is 0 Å². The number of benzene rings is 4. The average molecular weight is 425 g/mol. The number of hydrogen-bond acceptors (Lipinski definition) is 3. The molecule has 7 rings (SSSR count). The molecule has 0 spiro atoms. The second-order valence-electron chi connectivity index (χ2n) is 8.57. The third-order valence-corrected chi connectivity index (χ3v) is 6.69. The van der Waals surface area contributed by atoms with Crippen molar-refractivity contribution in [1.82, 2.24) is 9.97 Å². The van der Waals surface area contributed by atoms with Crippen LogP contribution in [0.3, 0.4) is 0 Å². The van der Waals surface area contributed by atoms with Gasteiger partial charge in [-0.3, -0.25) is 0 Å². The van der Waals surface area contributed by atoms with E-state index in [9.17, 15) is 0 Å². The molecule has 0 unspecified atom stereocenters. The summed E-state index contributed by atoms with van der Waals surface area (Å²) in [5.74, 6) is 1.01. The van der Waals surface area contributed by atoms with Gasteiger partial charge in [0.2, 0.25) is 5.71 Å². The van der Waals surface area contributed by atoms with Crippen LogP contribution in [0.25, 0.3) is 55.4 Å². The number of aryl methyl sites for hydroxylation is 2. The SMILES string of the molecule is c1ccc(-c2cc(-c3ncnc4oc5c(c34)-c3ccccc3CC5)cc3ccccc23)cc1. The fraction of sp³-hybridized carbons (Fsp3) is 0.0667. The Balaban J connectivity index is 1.55. The van der Waals surface area contributed by atoms with E-state index in [0.29, 0.717) is 5.71 Å². The molecule has 0 fully saturated rings. The Morgan fingerprint density at radius 1 is 0.667 bits per heavy atom. The predicted octanol–water partition coefficient (Wildman–Crippen LogP) is 7.48. The largest absolute Gasteiger partial charge is 0.442 e. The molecule has 2 aromatic heterocycles. The summed E-state index contributed by atoms with van der Waals surface area (Å²) in [6.45, 7) is 0. The van der Waals surface area contributed by atoms with Crippen molar-refractivity contribution in [2.75, 3.05) is 0 Å². The number of aromatic nitrogens is 2. The first-order valence-electron chi connectivity index (χ1n) is 11.3. The zero-order valence-corrected chi connectivity index (χ0v) is 18.0. The van der Waals surface area contributed by atoms with E-state index in [1.54, 1.807) is 6.33 Å². The lowest BCUT2D eigenvalue weighted by Gasteiger charge is -2.16. The number of fused-ring (bicyclic) bond motifs is 6. The molecule has 6 aromatic rings. The maximum absolute atomic E-state index is 6.26. The van der Waals surface area contributed by atoms with E-state index in [1.165, 1.54) is 33.0 Å². The number of nitrogens with zero attached hydrogens (tertiary/aromatic N) is 2. The van der Waals surface area contributed by atoms with E-state index in [0.717, 1.165) is 40.8 Å². The first-order chi connectivity index (χ1) is 16.4. The highest BCUT2D eigenvalue weighted by Crippen LogP contribution is 2.44. The molecule has 0 amide bonds. The molecule has 33 heavy (non-hydrogen) atoms.